The second kappa shape index (κ2) is 33.4. The molecule has 0 amide bonds. The first-order valence-corrected chi connectivity index (χ1v) is 17.5. The van der Waals surface area contributed by atoms with Gasteiger partial charge in [-0.2, -0.15) is 0 Å². The summed E-state index contributed by atoms with van der Waals surface area (Å²) in [5, 5.41) is 0. The van der Waals surface area contributed by atoms with Gasteiger partial charge in [0.15, 0.2) is 0 Å². The number of unbranched alkanes of at least 4 members (excludes halogenated alkanes) is 26. The molecule has 0 atom stereocenters. The minimum Gasteiger partial charge on any atom is -0.300 e. The molecule has 1 heteroatoms. The number of hydrogen-bond donors (Lipinski definition) is 0. The summed E-state index contributed by atoms with van der Waals surface area (Å²) < 4.78 is 0. The molecular formula is C36H70O. The zero-order valence-corrected chi connectivity index (χ0v) is 26.0. The second-order valence-corrected chi connectivity index (χ2v) is 11.9. The van der Waals surface area contributed by atoms with E-state index in [-0.39, 0.29) is 0 Å². The highest BCUT2D eigenvalue weighted by Crippen LogP contribution is 2.15. The molecule has 0 bridgehead atoms. The van der Waals surface area contributed by atoms with Crippen LogP contribution < -0.4 is 0 Å². The molecule has 0 spiro atoms. The van der Waals surface area contributed by atoms with Crippen LogP contribution in [0, 0.1) is 0 Å². The molecule has 37 heavy (non-hydrogen) atoms. The van der Waals surface area contributed by atoms with Crippen molar-refractivity contribution < 1.29 is 4.79 Å². The van der Waals surface area contributed by atoms with Crippen molar-refractivity contribution in [2.75, 3.05) is 0 Å². The molecule has 0 radical (unpaired) electrons. The molecule has 0 heterocycles. The zero-order valence-electron chi connectivity index (χ0n) is 26.0. The first kappa shape index (κ1) is 36.4. The Morgan fingerprint density at radius 1 is 0.351 bits per heavy atom. The van der Waals surface area contributed by atoms with E-state index in [2.05, 4.69) is 26.0 Å². The summed E-state index contributed by atoms with van der Waals surface area (Å²) in [6, 6.07) is 0. The van der Waals surface area contributed by atoms with E-state index in [0.29, 0.717) is 5.78 Å². The van der Waals surface area contributed by atoms with Gasteiger partial charge in [0.05, 0.1) is 0 Å². The highest BCUT2D eigenvalue weighted by molar-refractivity contribution is 5.78. The SMILES string of the molecule is CCCCCCCCC=CCCCCCCCC(=O)CCCCCCCCCCCCCCCCCC. The van der Waals surface area contributed by atoms with E-state index in [9.17, 15) is 4.79 Å². The Morgan fingerprint density at radius 2 is 0.595 bits per heavy atom. The van der Waals surface area contributed by atoms with Crippen molar-refractivity contribution in [3.63, 3.8) is 0 Å². The minimum atomic E-state index is 0.517. The van der Waals surface area contributed by atoms with Gasteiger partial charge in [0.1, 0.15) is 5.78 Å². The summed E-state index contributed by atoms with van der Waals surface area (Å²) in [6.07, 6.45) is 46.0. The quantitative estimate of drug-likeness (QED) is 0.0639. The summed E-state index contributed by atoms with van der Waals surface area (Å²) in [5.74, 6) is 0.517. The molecule has 0 aromatic carbocycles. The van der Waals surface area contributed by atoms with Crippen molar-refractivity contribution in [3.8, 4) is 0 Å². The third kappa shape index (κ3) is 33.4. The van der Waals surface area contributed by atoms with Gasteiger partial charge in [0, 0.05) is 12.8 Å². The minimum absolute atomic E-state index is 0.517. The molecule has 0 saturated carbocycles. The molecule has 0 saturated heterocycles. The highest BCUT2D eigenvalue weighted by Gasteiger charge is 2.02. The van der Waals surface area contributed by atoms with Gasteiger partial charge in [0.25, 0.3) is 0 Å². The van der Waals surface area contributed by atoms with Crippen molar-refractivity contribution in [3.05, 3.63) is 12.2 Å². The maximum Gasteiger partial charge on any atom is 0.132 e. The standard InChI is InChI=1S/C36H70O/c1-3-5-7-9-11-13-15-17-19-21-23-25-27-29-31-33-35-36(37)34-32-30-28-26-24-22-20-18-16-14-12-10-8-6-4-2/h18,20H,3-17,19,21-35H2,1-2H3. The van der Waals surface area contributed by atoms with Crippen LogP contribution in [-0.4, -0.2) is 5.78 Å². The van der Waals surface area contributed by atoms with Crippen molar-refractivity contribution in [1.82, 2.24) is 0 Å². The summed E-state index contributed by atoms with van der Waals surface area (Å²) in [5.41, 5.74) is 0. The Balaban J connectivity index is 3.19. The lowest BCUT2D eigenvalue weighted by molar-refractivity contribution is -0.119. The van der Waals surface area contributed by atoms with Crippen molar-refractivity contribution >= 4 is 5.78 Å². The lowest BCUT2D eigenvalue weighted by Gasteiger charge is -2.04. The Labute approximate surface area is 235 Å². The molecule has 0 aromatic heterocycles. The topological polar surface area (TPSA) is 17.1 Å². The van der Waals surface area contributed by atoms with E-state index < -0.39 is 0 Å². The molecule has 0 fully saturated rings. The first-order chi connectivity index (χ1) is 18.3. The molecular weight excluding hydrogens is 448 g/mol. The molecule has 0 aliphatic heterocycles. The van der Waals surface area contributed by atoms with Gasteiger partial charge in [-0.25, -0.2) is 0 Å². The van der Waals surface area contributed by atoms with E-state index in [4.69, 9.17) is 0 Å². The molecule has 0 aromatic rings. The van der Waals surface area contributed by atoms with Crippen LogP contribution in [0.25, 0.3) is 0 Å². The van der Waals surface area contributed by atoms with Crippen LogP contribution in [0.4, 0.5) is 0 Å². The summed E-state index contributed by atoms with van der Waals surface area (Å²) in [7, 11) is 0. The largest absolute Gasteiger partial charge is 0.300 e. The maximum absolute atomic E-state index is 12.1. The average molecular weight is 519 g/mol. The maximum atomic E-state index is 12.1. The van der Waals surface area contributed by atoms with E-state index in [1.54, 1.807) is 0 Å². The fourth-order valence-corrected chi connectivity index (χ4v) is 5.39. The fourth-order valence-electron chi connectivity index (χ4n) is 5.39. The van der Waals surface area contributed by atoms with Gasteiger partial charge in [-0.15, -0.1) is 0 Å². The Kier molecular flexibility index (Phi) is 32.9. The Hall–Kier alpha value is -0.590. The summed E-state index contributed by atoms with van der Waals surface area (Å²) in [4.78, 5) is 12.1. The number of hydrogen-bond acceptors (Lipinski definition) is 1. The molecule has 0 unspecified atom stereocenters. The van der Waals surface area contributed by atoms with E-state index >= 15 is 0 Å². The van der Waals surface area contributed by atoms with Crippen LogP contribution in [0.5, 0.6) is 0 Å². The normalized spacial score (nSPS) is 11.6. The van der Waals surface area contributed by atoms with Gasteiger partial charge in [-0.05, 0) is 38.5 Å². The van der Waals surface area contributed by atoms with Gasteiger partial charge < -0.3 is 0 Å². The molecule has 1 nitrogen and oxygen atoms in total. The van der Waals surface area contributed by atoms with Gasteiger partial charge in [-0.1, -0.05) is 174 Å². The van der Waals surface area contributed by atoms with Crippen LogP contribution in [0.1, 0.15) is 213 Å². The number of rotatable bonds is 32. The smallest absolute Gasteiger partial charge is 0.132 e. The van der Waals surface area contributed by atoms with Crippen LogP contribution in [-0.2, 0) is 4.79 Å². The fraction of sp³-hybridized carbons (Fsp3) is 0.917. The third-order valence-electron chi connectivity index (χ3n) is 8.03. The molecule has 0 aliphatic carbocycles. The number of carbonyl (C=O) groups is 1. The third-order valence-corrected chi connectivity index (χ3v) is 8.03. The van der Waals surface area contributed by atoms with Crippen LogP contribution >= 0.6 is 0 Å². The highest BCUT2D eigenvalue weighted by atomic mass is 16.1. The zero-order chi connectivity index (χ0) is 26.9. The molecule has 0 rings (SSSR count). The van der Waals surface area contributed by atoms with E-state index in [1.165, 1.54) is 173 Å². The van der Waals surface area contributed by atoms with Gasteiger partial charge in [0.2, 0.25) is 0 Å². The van der Waals surface area contributed by atoms with Crippen LogP contribution in [0.2, 0.25) is 0 Å². The Morgan fingerprint density at radius 3 is 0.892 bits per heavy atom. The predicted octanol–water partition coefficient (Wildman–Crippen LogP) is 13.2. The lowest BCUT2D eigenvalue weighted by Crippen LogP contribution is -1.97. The van der Waals surface area contributed by atoms with Crippen LogP contribution in [0.15, 0.2) is 12.2 Å². The van der Waals surface area contributed by atoms with Crippen molar-refractivity contribution in [1.29, 1.82) is 0 Å². The number of Topliss-reactive ketones (excluding diaryl/α,β-unsaturated/α-hetero) is 1. The number of allylic oxidation sites excluding steroid dienone is 2. The number of ketones is 1. The molecule has 220 valence electrons. The monoisotopic (exact) mass is 519 g/mol. The predicted molar refractivity (Wildman–Crippen MR) is 169 cm³/mol. The van der Waals surface area contributed by atoms with E-state index in [1.807, 2.05) is 0 Å². The molecule has 0 N–H and O–H groups in total. The van der Waals surface area contributed by atoms with Gasteiger partial charge >= 0.3 is 0 Å². The van der Waals surface area contributed by atoms with Crippen LogP contribution in [0.3, 0.4) is 0 Å². The van der Waals surface area contributed by atoms with Crippen molar-refractivity contribution in [2.45, 2.75) is 213 Å². The van der Waals surface area contributed by atoms with Crippen molar-refractivity contribution in [2.24, 2.45) is 0 Å². The lowest BCUT2D eigenvalue weighted by atomic mass is 10.0. The van der Waals surface area contributed by atoms with Gasteiger partial charge in [-0.3, -0.25) is 4.79 Å². The first-order valence-electron chi connectivity index (χ1n) is 17.5. The average Bonchev–Trinajstić information content (AvgIpc) is 2.90. The summed E-state index contributed by atoms with van der Waals surface area (Å²) >= 11 is 0. The van der Waals surface area contributed by atoms with E-state index in [0.717, 1.165) is 25.7 Å². The molecule has 0 aliphatic rings. The second-order valence-electron chi connectivity index (χ2n) is 11.9. The summed E-state index contributed by atoms with van der Waals surface area (Å²) in [6.45, 7) is 4.58. The Bertz CT molecular complexity index is 452. The number of carbonyl (C=O) groups excluding carboxylic acids is 1.